The molecule has 1 aliphatic rings. The summed E-state index contributed by atoms with van der Waals surface area (Å²) in [5.41, 5.74) is 1.19. The van der Waals surface area contributed by atoms with Gasteiger partial charge in [-0.25, -0.2) is 4.98 Å². The van der Waals surface area contributed by atoms with Crippen LogP contribution < -0.4 is 5.32 Å². The van der Waals surface area contributed by atoms with Gasteiger partial charge in [0.1, 0.15) is 5.01 Å². The van der Waals surface area contributed by atoms with Gasteiger partial charge < -0.3 is 5.32 Å². The molecule has 1 aliphatic heterocycles. The number of aryl methyl sites for hydroxylation is 2. The van der Waals surface area contributed by atoms with Crippen LogP contribution in [-0.4, -0.2) is 35.1 Å². The van der Waals surface area contributed by atoms with Crippen molar-refractivity contribution in [1.82, 2.24) is 15.2 Å². The summed E-state index contributed by atoms with van der Waals surface area (Å²) in [5.74, 6) is 0. The van der Waals surface area contributed by atoms with Crippen molar-refractivity contribution < 1.29 is 0 Å². The van der Waals surface area contributed by atoms with E-state index in [-0.39, 0.29) is 0 Å². The molecule has 2 atom stereocenters. The van der Waals surface area contributed by atoms with Gasteiger partial charge in [-0.2, -0.15) is 0 Å². The summed E-state index contributed by atoms with van der Waals surface area (Å²) in [4.78, 5) is 8.56. The third-order valence-electron chi connectivity index (χ3n) is 3.68. The standard InChI is InChI=1S/C13H23N3S/c1-5-12-7-16(9(2)6-14-12)8-13-15-10(3)11(4)17-13/h9,12,14H,5-8H2,1-4H3. The van der Waals surface area contributed by atoms with E-state index in [1.807, 2.05) is 11.3 Å². The van der Waals surface area contributed by atoms with Crippen molar-refractivity contribution in [2.24, 2.45) is 0 Å². The molecule has 0 amide bonds. The van der Waals surface area contributed by atoms with E-state index in [0.717, 1.165) is 19.6 Å². The van der Waals surface area contributed by atoms with Crippen molar-refractivity contribution in [2.45, 2.75) is 52.7 Å². The van der Waals surface area contributed by atoms with Gasteiger partial charge in [-0.15, -0.1) is 11.3 Å². The van der Waals surface area contributed by atoms with Gasteiger partial charge in [0, 0.05) is 30.1 Å². The number of nitrogens with zero attached hydrogens (tertiary/aromatic N) is 2. The lowest BCUT2D eigenvalue weighted by Crippen LogP contribution is -2.54. The molecule has 96 valence electrons. The molecule has 0 radical (unpaired) electrons. The molecular weight excluding hydrogens is 230 g/mol. The molecule has 2 unspecified atom stereocenters. The van der Waals surface area contributed by atoms with Crippen LogP contribution in [0.15, 0.2) is 0 Å². The Hall–Kier alpha value is -0.450. The summed E-state index contributed by atoms with van der Waals surface area (Å²) >= 11 is 1.85. The molecule has 1 aromatic rings. The lowest BCUT2D eigenvalue weighted by atomic mass is 10.1. The number of rotatable bonds is 3. The van der Waals surface area contributed by atoms with Gasteiger partial charge in [0.25, 0.3) is 0 Å². The van der Waals surface area contributed by atoms with Gasteiger partial charge in [0.15, 0.2) is 0 Å². The molecular formula is C13H23N3S. The van der Waals surface area contributed by atoms with Crippen LogP contribution in [0.5, 0.6) is 0 Å². The molecule has 2 rings (SSSR count). The average Bonchev–Trinajstić information content (AvgIpc) is 2.61. The summed E-state index contributed by atoms with van der Waals surface area (Å²) in [5, 5.41) is 4.86. The Kier molecular flexibility index (Phi) is 4.17. The lowest BCUT2D eigenvalue weighted by molar-refractivity contribution is 0.131. The normalized spacial score (nSPS) is 26.4. The highest BCUT2D eigenvalue weighted by molar-refractivity contribution is 7.11. The molecule has 1 fully saturated rings. The average molecular weight is 253 g/mol. The molecule has 2 heterocycles. The summed E-state index contributed by atoms with van der Waals surface area (Å²) in [6.07, 6.45) is 1.21. The Bertz CT molecular complexity index is 355. The van der Waals surface area contributed by atoms with Crippen molar-refractivity contribution >= 4 is 11.3 Å². The van der Waals surface area contributed by atoms with Crippen molar-refractivity contribution in [3.05, 3.63) is 15.6 Å². The first kappa shape index (κ1) is 13.0. The fraction of sp³-hybridized carbons (Fsp3) is 0.769. The fourth-order valence-corrected chi connectivity index (χ4v) is 3.23. The Morgan fingerprint density at radius 1 is 1.47 bits per heavy atom. The first-order valence-corrected chi connectivity index (χ1v) is 7.32. The van der Waals surface area contributed by atoms with Crippen molar-refractivity contribution in [1.29, 1.82) is 0 Å². The van der Waals surface area contributed by atoms with E-state index in [1.54, 1.807) is 0 Å². The van der Waals surface area contributed by atoms with Gasteiger partial charge in [-0.05, 0) is 27.2 Å². The second-order valence-electron chi connectivity index (χ2n) is 5.04. The third kappa shape index (κ3) is 3.06. The van der Waals surface area contributed by atoms with Crippen LogP contribution in [0.2, 0.25) is 0 Å². The summed E-state index contributed by atoms with van der Waals surface area (Å²) < 4.78 is 0. The van der Waals surface area contributed by atoms with Gasteiger partial charge in [-0.3, -0.25) is 4.90 Å². The largest absolute Gasteiger partial charge is 0.311 e. The smallest absolute Gasteiger partial charge is 0.107 e. The second kappa shape index (κ2) is 5.46. The highest BCUT2D eigenvalue weighted by Gasteiger charge is 2.24. The monoisotopic (exact) mass is 253 g/mol. The molecule has 0 spiro atoms. The summed E-state index contributed by atoms with van der Waals surface area (Å²) in [6.45, 7) is 12.1. The Morgan fingerprint density at radius 3 is 2.82 bits per heavy atom. The highest BCUT2D eigenvalue weighted by Crippen LogP contribution is 2.20. The van der Waals surface area contributed by atoms with E-state index in [9.17, 15) is 0 Å². The van der Waals surface area contributed by atoms with E-state index in [1.165, 1.54) is 22.0 Å². The maximum absolute atomic E-state index is 4.65. The topological polar surface area (TPSA) is 28.2 Å². The number of aromatic nitrogens is 1. The van der Waals surface area contributed by atoms with Crippen molar-refractivity contribution in [3.8, 4) is 0 Å². The van der Waals surface area contributed by atoms with Gasteiger partial charge in [0.05, 0.1) is 12.2 Å². The third-order valence-corrected chi connectivity index (χ3v) is 4.74. The van der Waals surface area contributed by atoms with Crippen molar-refractivity contribution in [3.63, 3.8) is 0 Å². The van der Waals surface area contributed by atoms with Gasteiger partial charge in [0.2, 0.25) is 0 Å². The Morgan fingerprint density at radius 2 is 2.24 bits per heavy atom. The maximum Gasteiger partial charge on any atom is 0.107 e. The van der Waals surface area contributed by atoms with Gasteiger partial charge in [-0.1, -0.05) is 6.92 Å². The molecule has 0 aliphatic carbocycles. The molecule has 1 aromatic heterocycles. The van der Waals surface area contributed by atoms with E-state index >= 15 is 0 Å². The van der Waals surface area contributed by atoms with Crippen LogP contribution in [0.4, 0.5) is 0 Å². The molecule has 4 heteroatoms. The SMILES string of the molecule is CCC1CN(Cc2nc(C)c(C)s2)C(C)CN1. The molecule has 0 bridgehead atoms. The molecule has 1 N–H and O–H groups in total. The van der Waals surface area contributed by atoms with E-state index in [4.69, 9.17) is 0 Å². The summed E-state index contributed by atoms with van der Waals surface area (Å²) in [6, 6.07) is 1.26. The predicted molar refractivity (Wildman–Crippen MR) is 73.5 cm³/mol. The fourth-order valence-electron chi connectivity index (χ4n) is 2.27. The number of thiazole rings is 1. The Balaban J connectivity index is 2.01. The number of hydrogen-bond acceptors (Lipinski definition) is 4. The van der Waals surface area contributed by atoms with E-state index < -0.39 is 0 Å². The minimum absolute atomic E-state index is 0.613. The quantitative estimate of drug-likeness (QED) is 0.896. The van der Waals surface area contributed by atoms with Gasteiger partial charge >= 0.3 is 0 Å². The zero-order chi connectivity index (χ0) is 12.4. The highest BCUT2D eigenvalue weighted by atomic mass is 32.1. The first-order valence-electron chi connectivity index (χ1n) is 6.50. The van der Waals surface area contributed by atoms with Crippen LogP contribution >= 0.6 is 11.3 Å². The zero-order valence-corrected chi connectivity index (χ0v) is 12.1. The second-order valence-corrected chi connectivity index (χ2v) is 6.33. The predicted octanol–water partition coefficient (Wildman–Crippen LogP) is 2.33. The number of hydrogen-bond donors (Lipinski definition) is 1. The van der Waals surface area contributed by atoms with Crippen LogP contribution in [0.3, 0.4) is 0 Å². The zero-order valence-electron chi connectivity index (χ0n) is 11.3. The number of nitrogens with one attached hydrogen (secondary N) is 1. The van der Waals surface area contributed by atoms with Crippen LogP contribution in [0, 0.1) is 13.8 Å². The minimum Gasteiger partial charge on any atom is -0.311 e. The molecule has 0 saturated carbocycles. The summed E-state index contributed by atoms with van der Waals surface area (Å²) in [7, 11) is 0. The van der Waals surface area contributed by atoms with Crippen molar-refractivity contribution in [2.75, 3.05) is 13.1 Å². The minimum atomic E-state index is 0.613. The van der Waals surface area contributed by atoms with E-state index in [0.29, 0.717) is 12.1 Å². The first-order chi connectivity index (χ1) is 8.10. The van der Waals surface area contributed by atoms with Crippen LogP contribution in [0.1, 0.15) is 35.8 Å². The lowest BCUT2D eigenvalue weighted by Gasteiger charge is -2.38. The maximum atomic E-state index is 4.65. The molecule has 17 heavy (non-hydrogen) atoms. The van der Waals surface area contributed by atoms with Crippen LogP contribution in [-0.2, 0) is 6.54 Å². The molecule has 0 aromatic carbocycles. The number of piperazine rings is 1. The van der Waals surface area contributed by atoms with E-state index in [2.05, 4.69) is 42.9 Å². The Labute approximate surface area is 108 Å². The van der Waals surface area contributed by atoms with Crippen LogP contribution in [0.25, 0.3) is 0 Å². The molecule has 1 saturated heterocycles. The molecule has 3 nitrogen and oxygen atoms in total.